The molecule has 1 aromatic carbocycles. The number of halogens is 2. The second kappa shape index (κ2) is 5.27. The van der Waals surface area contributed by atoms with E-state index in [4.69, 9.17) is 0 Å². The van der Waals surface area contributed by atoms with E-state index < -0.39 is 0 Å². The first-order valence-corrected chi connectivity index (χ1v) is 6.02. The lowest BCUT2D eigenvalue weighted by molar-refractivity contribution is 0.613. The van der Waals surface area contributed by atoms with E-state index in [1.807, 2.05) is 37.4 Å². The van der Waals surface area contributed by atoms with Gasteiger partial charge in [0.25, 0.3) is 0 Å². The minimum atomic E-state index is -0.321. The van der Waals surface area contributed by atoms with Gasteiger partial charge >= 0.3 is 0 Å². The van der Waals surface area contributed by atoms with Crippen molar-refractivity contribution in [3.05, 3.63) is 58.4 Å². The molecule has 17 heavy (non-hydrogen) atoms. The monoisotopic (exact) mass is 294 g/mol. The first kappa shape index (κ1) is 12.0. The van der Waals surface area contributed by atoms with Crippen LogP contribution in [0.15, 0.2) is 47.1 Å². The first-order valence-electron chi connectivity index (χ1n) is 5.23. The summed E-state index contributed by atoms with van der Waals surface area (Å²) in [5.41, 5.74) is 1.12. The van der Waals surface area contributed by atoms with Crippen LogP contribution in [-0.4, -0.2) is 12.0 Å². The van der Waals surface area contributed by atoms with E-state index in [0.717, 1.165) is 5.56 Å². The van der Waals surface area contributed by atoms with Crippen LogP contribution in [0.25, 0.3) is 0 Å². The third-order valence-electron chi connectivity index (χ3n) is 2.41. The summed E-state index contributed by atoms with van der Waals surface area (Å²) in [4.78, 5) is 5.87. The molecule has 0 amide bonds. The highest BCUT2D eigenvalue weighted by Crippen LogP contribution is 2.20. The van der Waals surface area contributed by atoms with Crippen LogP contribution < -0.4 is 4.90 Å². The quantitative estimate of drug-likeness (QED) is 0.859. The Labute approximate surface area is 108 Å². The van der Waals surface area contributed by atoms with Crippen molar-refractivity contribution in [2.24, 2.45) is 0 Å². The summed E-state index contributed by atoms with van der Waals surface area (Å²) in [6, 6.07) is 11.3. The van der Waals surface area contributed by atoms with Crippen molar-refractivity contribution in [1.29, 1.82) is 0 Å². The van der Waals surface area contributed by atoms with Gasteiger partial charge in [-0.15, -0.1) is 0 Å². The molecule has 0 radical (unpaired) electrons. The van der Waals surface area contributed by atoms with E-state index in [9.17, 15) is 4.39 Å². The average Bonchev–Trinajstić information content (AvgIpc) is 2.30. The predicted molar refractivity (Wildman–Crippen MR) is 70.4 cm³/mol. The second-order valence-electron chi connectivity index (χ2n) is 3.80. The highest BCUT2D eigenvalue weighted by atomic mass is 79.9. The summed E-state index contributed by atoms with van der Waals surface area (Å²) >= 11 is 3.19. The highest BCUT2D eigenvalue weighted by molar-refractivity contribution is 9.10. The van der Waals surface area contributed by atoms with Crippen LogP contribution in [0.5, 0.6) is 0 Å². The van der Waals surface area contributed by atoms with Gasteiger partial charge in [0.2, 0.25) is 0 Å². The van der Waals surface area contributed by atoms with Crippen molar-refractivity contribution < 1.29 is 4.39 Å². The van der Waals surface area contributed by atoms with Crippen molar-refractivity contribution in [3.8, 4) is 0 Å². The smallest absolute Gasteiger partial charge is 0.166 e. The molecular weight excluding hydrogens is 283 g/mol. The Balaban J connectivity index is 2.17. The van der Waals surface area contributed by atoms with Gasteiger partial charge in [-0.25, -0.2) is 9.37 Å². The highest BCUT2D eigenvalue weighted by Gasteiger charge is 2.09. The van der Waals surface area contributed by atoms with E-state index in [-0.39, 0.29) is 5.82 Å². The minimum Gasteiger partial charge on any atom is -0.353 e. The molecule has 0 aliphatic rings. The van der Waals surface area contributed by atoms with E-state index in [1.165, 1.54) is 6.07 Å². The van der Waals surface area contributed by atoms with E-state index >= 15 is 0 Å². The Bertz CT molecular complexity index is 502. The molecule has 0 aliphatic heterocycles. The molecule has 88 valence electrons. The van der Waals surface area contributed by atoms with Crippen LogP contribution in [0, 0.1) is 5.82 Å². The fourth-order valence-electron chi connectivity index (χ4n) is 1.62. The fraction of sp³-hybridized carbons (Fsp3) is 0.154. The number of rotatable bonds is 3. The zero-order valence-electron chi connectivity index (χ0n) is 9.40. The van der Waals surface area contributed by atoms with Gasteiger partial charge in [0.1, 0.15) is 0 Å². The summed E-state index contributed by atoms with van der Waals surface area (Å²) in [6.45, 7) is 0.631. The van der Waals surface area contributed by atoms with Crippen molar-refractivity contribution in [2.45, 2.75) is 6.54 Å². The Morgan fingerprint density at radius 1 is 1.29 bits per heavy atom. The van der Waals surface area contributed by atoms with E-state index in [1.54, 1.807) is 11.1 Å². The largest absolute Gasteiger partial charge is 0.353 e. The van der Waals surface area contributed by atoms with Gasteiger partial charge in [0, 0.05) is 24.3 Å². The number of hydrogen-bond acceptors (Lipinski definition) is 2. The molecule has 1 aromatic heterocycles. The van der Waals surface area contributed by atoms with Crippen LogP contribution in [-0.2, 0) is 6.54 Å². The maximum atomic E-state index is 13.7. The van der Waals surface area contributed by atoms with Crippen molar-refractivity contribution in [2.75, 3.05) is 11.9 Å². The molecule has 2 rings (SSSR count). The lowest BCUT2D eigenvalue weighted by Crippen LogP contribution is -2.18. The molecular formula is C13H12BrFN2. The lowest BCUT2D eigenvalue weighted by atomic mass is 10.2. The van der Waals surface area contributed by atoms with Crippen LogP contribution in [0.4, 0.5) is 10.2 Å². The number of nitrogens with zero attached hydrogens (tertiary/aromatic N) is 2. The molecule has 2 aromatic rings. The zero-order valence-corrected chi connectivity index (χ0v) is 11.0. The van der Waals surface area contributed by atoms with E-state index in [0.29, 0.717) is 16.8 Å². The number of pyridine rings is 1. The summed E-state index contributed by atoms with van der Waals surface area (Å²) in [5.74, 6) is 0.0369. The van der Waals surface area contributed by atoms with Crippen LogP contribution >= 0.6 is 15.9 Å². The summed E-state index contributed by atoms with van der Waals surface area (Å²) < 4.78 is 14.3. The molecule has 1 heterocycles. The summed E-state index contributed by atoms with van der Waals surface area (Å²) in [5, 5.41) is 0. The molecule has 0 bridgehead atoms. The molecule has 0 saturated heterocycles. The third kappa shape index (κ3) is 3.03. The van der Waals surface area contributed by atoms with Crippen molar-refractivity contribution >= 4 is 21.7 Å². The molecule has 0 spiro atoms. The SMILES string of the molecule is CN(Cc1ccccc1)c1ncc(Br)cc1F. The Kier molecular flexibility index (Phi) is 3.74. The molecule has 0 saturated carbocycles. The molecule has 4 heteroatoms. The first-order chi connectivity index (χ1) is 8.16. The summed E-state index contributed by atoms with van der Waals surface area (Å²) in [6.07, 6.45) is 1.60. The predicted octanol–water partition coefficient (Wildman–Crippen LogP) is 3.62. The number of hydrogen-bond donors (Lipinski definition) is 0. The third-order valence-corrected chi connectivity index (χ3v) is 2.85. The van der Waals surface area contributed by atoms with E-state index in [2.05, 4.69) is 20.9 Å². The Hall–Kier alpha value is -1.42. The van der Waals surface area contributed by atoms with Crippen molar-refractivity contribution in [3.63, 3.8) is 0 Å². The van der Waals surface area contributed by atoms with Crippen LogP contribution in [0.3, 0.4) is 0 Å². The lowest BCUT2D eigenvalue weighted by Gasteiger charge is -2.18. The number of anilines is 1. The Morgan fingerprint density at radius 3 is 2.65 bits per heavy atom. The van der Waals surface area contributed by atoms with Crippen LogP contribution in [0.2, 0.25) is 0 Å². The normalized spacial score (nSPS) is 10.3. The van der Waals surface area contributed by atoms with Crippen molar-refractivity contribution in [1.82, 2.24) is 4.98 Å². The van der Waals surface area contributed by atoms with Gasteiger partial charge in [0.15, 0.2) is 11.6 Å². The molecule has 0 atom stereocenters. The Morgan fingerprint density at radius 2 is 2.00 bits per heavy atom. The topological polar surface area (TPSA) is 16.1 Å². The molecule has 0 fully saturated rings. The van der Waals surface area contributed by atoms with Gasteiger partial charge in [-0.05, 0) is 27.6 Å². The molecule has 2 nitrogen and oxygen atoms in total. The second-order valence-corrected chi connectivity index (χ2v) is 4.72. The summed E-state index contributed by atoms with van der Waals surface area (Å²) in [7, 11) is 1.83. The molecule has 0 unspecified atom stereocenters. The average molecular weight is 295 g/mol. The molecule has 0 aliphatic carbocycles. The maximum absolute atomic E-state index is 13.7. The van der Waals surface area contributed by atoms with Gasteiger partial charge in [0.05, 0.1) is 0 Å². The number of aromatic nitrogens is 1. The van der Waals surface area contributed by atoms with Gasteiger partial charge in [-0.2, -0.15) is 0 Å². The standard InChI is InChI=1S/C13H12BrFN2/c1-17(9-10-5-3-2-4-6-10)13-12(15)7-11(14)8-16-13/h2-8H,9H2,1H3. The van der Waals surface area contributed by atoms with Gasteiger partial charge in [-0.3, -0.25) is 0 Å². The molecule has 0 N–H and O–H groups in total. The van der Waals surface area contributed by atoms with Crippen LogP contribution in [0.1, 0.15) is 5.56 Å². The van der Waals surface area contributed by atoms with Gasteiger partial charge in [-0.1, -0.05) is 30.3 Å². The fourth-order valence-corrected chi connectivity index (χ4v) is 1.92. The minimum absolute atomic E-state index is 0.321. The zero-order chi connectivity index (χ0) is 12.3. The maximum Gasteiger partial charge on any atom is 0.166 e. The number of benzene rings is 1. The van der Waals surface area contributed by atoms with Gasteiger partial charge < -0.3 is 4.90 Å².